The largest absolute Gasteiger partial charge is 0.487 e. The molecule has 0 bridgehead atoms. The second-order valence-corrected chi connectivity index (χ2v) is 10.1. The van der Waals surface area contributed by atoms with Crippen molar-refractivity contribution in [3.63, 3.8) is 0 Å². The molecule has 1 aromatic carbocycles. The van der Waals surface area contributed by atoms with E-state index >= 15 is 0 Å². The monoisotopic (exact) mass is 545 g/mol. The van der Waals surface area contributed by atoms with Crippen LogP contribution in [0.25, 0.3) is 6.08 Å². The van der Waals surface area contributed by atoms with Gasteiger partial charge in [-0.2, -0.15) is 0 Å². The molecule has 1 aliphatic heterocycles. The number of carbonyl (C=O) groups excluding carboxylic acids is 2. The molecule has 2 heterocycles. The maximum Gasteiger partial charge on any atom is 0.410 e. The number of amides is 2. The van der Waals surface area contributed by atoms with Gasteiger partial charge in [0.15, 0.2) is 11.6 Å². The molecule has 1 saturated heterocycles. The molecule has 0 radical (unpaired) electrons. The number of nitrogen functional groups attached to an aromatic ring is 1. The zero-order chi connectivity index (χ0) is 28.9. The zero-order valence-electron chi connectivity index (χ0n) is 23.0. The van der Waals surface area contributed by atoms with Crippen molar-refractivity contribution >= 4 is 29.6 Å². The molecule has 1 aromatic heterocycles. The third-order valence-corrected chi connectivity index (χ3v) is 6.12. The highest BCUT2D eigenvalue weighted by molar-refractivity contribution is 6.03. The number of aromatic nitrogens is 2. The van der Waals surface area contributed by atoms with Crippen molar-refractivity contribution in [2.75, 3.05) is 24.1 Å². The summed E-state index contributed by atoms with van der Waals surface area (Å²) in [6.45, 7) is 9.99. The first-order valence-corrected chi connectivity index (χ1v) is 12.9. The average molecular weight is 546 g/mol. The predicted octanol–water partition coefficient (Wildman–Crippen LogP) is 3.20. The summed E-state index contributed by atoms with van der Waals surface area (Å²) < 4.78 is 28.1. The van der Waals surface area contributed by atoms with Gasteiger partial charge in [-0.1, -0.05) is 6.07 Å². The molecule has 0 unspecified atom stereocenters. The van der Waals surface area contributed by atoms with Crippen LogP contribution in [0.2, 0.25) is 0 Å². The van der Waals surface area contributed by atoms with Crippen molar-refractivity contribution in [2.24, 2.45) is 0 Å². The number of nitrogens with zero attached hydrogens (tertiary/aromatic N) is 3. The zero-order valence-corrected chi connectivity index (χ0v) is 23.0. The topological polar surface area (TPSA) is 138 Å². The van der Waals surface area contributed by atoms with E-state index < -0.39 is 28.6 Å². The Hall–Kier alpha value is -4.09. The first kappa shape index (κ1) is 29.5. The Bertz CT molecular complexity index is 1370. The summed E-state index contributed by atoms with van der Waals surface area (Å²) in [7, 11) is 0. The van der Waals surface area contributed by atoms with Crippen molar-refractivity contribution in [1.29, 1.82) is 0 Å². The van der Waals surface area contributed by atoms with E-state index in [0.717, 1.165) is 10.6 Å². The molecule has 12 heteroatoms. The quantitative estimate of drug-likeness (QED) is 0.510. The van der Waals surface area contributed by atoms with Crippen LogP contribution in [0.15, 0.2) is 33.9 Å². The lowest BCUT2D eigenvalue weighted by Gasteiger charge is -2.33. The van der Waals surface area contributed by atoms with Gasteiger partial charge in [-0.25, -0.2) is 14.0 Å². The van der Waals surface area contributed by atoms with Gasteiger partial charge >= 0.3 is 11.8 Å². The average Bonchev–Trinajstić information content (AvgIpc) is 2.87. The van der Waals surface area contributed by atoms with E-state index in [1.54, 1.807) is 24.8 Å². The molecule has 1 aliphatic rings. The lowest BCUT2D eigenvalue weighted by atomic mass is 10.1. The number of hydrogen-bond acceptors (Lipinski definition) is 7. The molecule has 3 rings (SSSR count). The summed E-state index contributed by atoms with van der Waals surface area (Å²) in [5, 5.41) is 2.43. The minimum atomic E-state index is -0.698. The third kappa shape index (κ3) is 7.27. The number of ether oxygens (including phenoxy) is 2. The molecule has 212 valence electrons. The van der Waals surface area contributed by atoms with Crippen LogP contribution in [-0.2, 0) is 22.6 Å². The highest BCUT2D eigenvalue weighted by atomic mass is 19.1. The number of rotatable bonds is 7. The Balaban J connectivity index is 1.62. The van der Waals surface area contributed by atoms with Gasteiger partial charge in [0.05, 0.1) is 0 Å². The van der Waals surface area contributed by atoms with Gasteiger partial charge in [-0.3, -0.25) is 18.7 Å². The van der Waals surface area contributed by atoms with Crippen molar-refractivity contribution in [2.45, 2.75) is 72.3 Å². The van der Waals surface area contributed by atoms with Gasteiger partial charge in [0.2, 0.25) is 5.91 Å². The number of piperidine rings is 1. The van der Waals surface area contributed by atoms with Crippen LogP contribution >= 0.6 is 0 Å². The number of nitrogens with one attached hydrogen (secondary N) is 1. The van der Waals surface area contributed by atoms with E-state index in [1.165, 1.54) is 22.8 Å². The van der Waals surface area contributed by atoms with Crippen molar-refractivity contribution in [1.82, 2.24) is 14.0 Å². The van der Waals surface area contributed by atoms with Gasteiger partial charge < -0.3 is 25.4 Å². The fourth-order valence-corrected chi connectivity index (χ4v) is 4.13. The SMILES string of the molecule is CCn1c(N)c(NC(=O)/C=C/c2ccc(OC3CCN(C(=O)OC(C)(C)C)CC3)c(F)c2)c(=O)n(CC)c1=O. The van der Waals surface area contributed by atoms with Gasteiger partial charge in [0.1, 0.15) is 23.2 Å². The highest BCUT2D eigenvalue weighted by Crippen LogP contribution is 2.24. The molecule has 3 N–H and O–H groups in total. The number of anilines is 2. The van der Waals surface area contributed by atoms with Crippen molar-refractivity contribution in [3.05, 3.63) is 56.5 Å². The van der Waals surface area contributed by atoms with E-state index in [0.29, 0.717) is 31.5 Å². The molecule has 1 fully saturated rings. The fourth-order valence-electron chi connectivity index (χ4n) is 4.13. The van der Waals surface area contributed by atoms with E-state index in [9.17, 15) is 23.6 Å². The van der Waals surface area contributed by atoms with Crippen LogP contribution in [0.1, 0.15) is 53.0 Å². The number of nitrogens with two attached hydrogens (primary N) is 1. The molecule has 0 aliphatic carbocycles. The maximum atomic E-state index is 14.7. The first-order valence-electron chi connectivity index (χ1n) is 12.9. The Morgan fingerprint density at radius 3 is 2.33 bits per heavy atom. The Morgan fingerprint density at radius 1 is 1.13 bits per heavy atom. The van der Waals surface area contributed by atoms with Gasteiger partial charge in [0, 0.05) is 45.1 Å². The number of halogens is 1. The van der Waals surface area contributed by atoms with Crippen LogP contribution in [-0.4, -0.2) is 50.8 Å². The molecular weight excluding hydrogens is 509 g/mol. The Morgan fingerprint density at radius 2 is 1.77 bits per heavy atom. The molecular formula is C27H36FN5O6. The second-order valence-electron chi connectivity index (χ2n) is 10.1. The van der Waals surface area contributed by atoms with Crippen LogP contribution in [0.5, 0.6) is 5.75 Å². The van der Waals surface area contributed by atoms with Gasteiger partial charge in [-0.05, 0) is 58.4 Å². The van der Waals surface area contributed by atoms with Crippen molar-refractivity contribution in [3.8, 4) is 5.75 Å². The van der Waals surface area contributed by atoms with Gasteiger partial charge in [0.25, 0.3) is 5.56 Å². The van der Waals surface area contributed by atoms with Crippen molar-refractivity contribution < 1.29 is 23.5 Å². The summed E-state index contributed by atoms with van der Waals surface area (Å²) in [6.07, 6.45) is 2.96. The van der Waals surface area contributed by atoms with E-state index in [2.05, 4.69) is 5.32 Å². The molecule has 39 heavy (non-hydrogen) atoms. The van der Waals surface area contributed by atoms with Crippen LogP contribution in [0, 0.1) is 5.82 Å². The smallest absolute Gasteiger partial charge is 0.410 e. The first-order chi connectivity index (χ1) is 18.3. The molecule has 0 spiro atoms. The van der Waals surface area contributed by atoms with E-state index in [4.69, 9.17) is 15.2 Å². The molecule has 0 saturated carbocycles. The second kappa shape index (κ2) is 12.2. The summed E-state index contributed by atoms with van der Waals surface area (Å²) in [6, 6.07) is 4.29. The Labute approximate surface area is 226 Å². The highest BCUT2D eigenvalue weighted by Gasteiger charge is 2.28. The summed E-state index contributed by atoms with van der Waals surface area (Å²) in [5.74, 6) is -1.33. The lowest BCUT2D eigenvalue weighted by Crippen LogP contribution is -2.44. The molecule has 2 amide bonds. The number of hydrogen-bond donors (Lipinski definition) is 2. The molecule has 2 aromatic rings. The molecule has 0 atom stereocenters. The number of carbonyl (C=O) groups is 2. The maximum absolute atomic E-state index is 14.7. The van der Waals surface area contributed by atoms with Gasteiger partial charge in [-0.15, -0.1) is 0 Å². The van der Waals surface area contributed by atoms with Crippen LogP contribution in [0.4, 0.5) is 20.7 Å². The van der Waals surface area contributed by atoms with Crippen LogP contribution < -0.4 is 27.0 Å². The molecule has 11 nitrogen and oxygen atoms in total. The van der Waals surface area contributed by atoms with Crippen LogP contribution in [0.3, 0.4) is 0 Å². The van der Waals surface area contributed by atoms with E-state index in [-0.39, 0.29) is 42.5 Å². The Kier molecular flexibility index (Phi) is 9.20. The predicted molar refractivity (Wildman–Crippen MR) is 146 cm³/mol. The number of likely N-dealkylation sites (tertiary alicyclic amines) is 1. The standard InChI is InChI=1S/C27H36FN5O6/c1-6-32-23(29)22(24(35)33(7-2)25(32)36)30-21(34)11-9-17-8-10-20(19(28)16-17)38-18-12-14-31(15-13-18)26(37)39-27(3,4)5/h8-11,16,18H,6-7,12-15,29H2,1-5H3,(H,30,34)/b11-9+. The summed E-state index contributed by atoms with van der Waals surface area (Å²) in [5.41, 5.74) is 4.33. The minimum absolute atomic E-state index is 0.0713. The third-order valence-electron chi connectivity index (χ3n) is 6.12. The normalized spacial score (nSPS) is 14.5. The fraction of sp³-hybridized carbons (Fsp3) is 0.481. The van der Waals surface area contributed by atoms with E-state index in [1.807, 2.05) is 20.8 Å². The summed E-state index contributed by atoms with van der Waals surface area (Å²) in [4.78, 5) is 51.3. The summed E-state index contributed by atoms with van der Waals surface area (Å²) >= 11 is 0. The lowest BCUT2D eigenvalue weighted by molar-refractivity contribution is -0.111. The number of benzene rings is 1. The minimum Gasteiger partial charge on any atom is -0.487 e.